The Balaban J connectivity index is 0.000000384. The van der Waals surface area contributed by atoms with E-state index in [1.165, 1.54) is 11.1 Å². The summed E-state index contributed by atoms with van der Waals surface area (Å²) in [4.78, 5) is 38.9. The third-order valence-corrected chi connectivity index (χ3v) is 6.17. The molecule has 2 aromatic carbocycles. The molecule has 0 atom stereocenters. The van der Waals surface area contributed by atoms with E-state index in [9.17, 15) is 22.8 Å². The summed E-state index contributed by atoms with van der Waals surface area (Å²) >= 11 is 0. The fourth-order valence-electron chi connectivity index (χ4n) is 4.55. The quantitative estimate of drug-likeness (QED) is 0.429. The monoisotopic (exact) mass is 502 g/mol. The third-order valence-electron chi connectivity index (χ3n) is 6.17. The lowest BCUT2D eigenvalue weighted by Gasteiger charge is -2.18. The van der Waals surface area contributed by atoms with E-state index in [1.807, 2.05) is 30.5 Å². The van der Waals surface area contributed by atoms with Crippen LogP contribution in [0.15, 0.2) is 42.6 Å². The van der Waals surface area contributed by atoms with Crippen molar-refractivity contribution < 1.29 is 32.7 Å². The van der Waals surface area contributed by atoms with Gasteiger partial charge in [0.2, 0.25) is 5.91 Å². The topological polar surface area (TPSA) is 115 Å². The highest BCUT2D eigenvalue weighted by atomic mass is 19.4. The predicted molar refractivity (Wildman–Crippen MR) is 125 cm³/mol. The fraction of sp³-hybridized carbons (Fsp3) is 0.320. The molecule has 0 aliphatic carbocycles. The largest absolute Gasteiger partial charge is 0.490 e. The highest BCUT2D eigenvalue weighted by molar-refractivity contribution is 6.02. The van der Waals surface area contributed by atoms with Crippen LogP contribution >= 0.6 is 0 Å². The van der Waals surface area contributed by atoms with Crippen molar-refractivity contribution in [3.63, 3.8) is 0 Å². The number of carbonyl (C=O) groups is 3. The lowest BCUT2D eigenvalue weighted by molar-refractivity contribution is -0.192. The summed E-state index contributed by atoms with van der Waals surface area (Å²) in [5.41, 5.74) is 6.71. The highest BCUT2D eigenvalue weighted by Gasteiger charge is 2.38. The molecule has 36 heavy (non-hydrogen) atoms. The van der Waals surface area contributed by atoms with E-state index in [-0.39, 0.29) is 11.8 Å². The first-order valence-electron chi connectivity index (χ1n) is 11.4. The Labute approximate surface area is 204 Å². The molecular weight excluding hydrogens is 477 g/mol. The number of carbonyl (C=O) groups excluding carboxylic acids is 2. The minimum absolute atomic E-state index is 0.000197. The van der Waals surface area contributed by atoms with Crippen LogP contribution in [-0.2, 0) is 35.5 Å². The minimum atomic E-state index is -5.08. The van der Waals surface area contributed by atoms with Gasteiger partial charge in [0.1, 0.15) is 0 Å². The van der Waals surface area contributed by atoms with E-state index < -0.39 is 12.1 Å². The van der Waals surface area contributed by atoms with Crippen LogP contribution in [0.2, 0.25) is 0 Å². The van der Waals surface area contributed by atoms with E-state index in [1.54, 1.807) is 0 Å². The first-order chi connectivity index (χ1) is 17.1. The van der Waals surface area contributed by atoms with Gasteiger partial charge < -0.3 is 20.7 Å². The van der Waals surface area contributed by atoms with Crippen LogP contribution < -0.4 is 10.6 Å². The number of H-pyrrole nitrogens is 1. The van der Waals surface area contributed by atoms with Crippen LogP contribution in [0.4, 0.5) is 13.2 Å². The van der Waals surface area contributed by atoms with E-state index in [0.717, 1.165) is 53.5 Å². The Morgan fingerprint density at radius 3 is 2.39 bits per heavy atom. The lowest BCUT2D eigenvalue weighted by Crippen LogP contribution is -2.35. The maximum absolute atomic E-state index is 12.4. The van der Waals surface area contributed by atoms with Gasteiger partial charge in [0, 0.05) is 48.8 Å². The van der Waals surface area contributed by atoms with Crippen LogP contribution in [0.25, 0.3) is 10.9 Å². The summed E-state index contributed by atoms with van der Waals surface area (Å²) in [7, 11) is 0. The summed E-state index contributed by atoms with van der Waals surface area (Å²) in [6, 6.07) is 12.2. The SMILES string of the molecule is O=C(CN1Cc2ccccc2C1)NCCc1c[nH]c2ccc3c(c12)CCNC3=O.O=C(O)C(F)(F)F. The number of aliphatic carboxylic acids is 1. The molecule has 0 unspecified atom stereocenters. The number of carboxylic acid groups (broad SMARTS) is 1. The van der Waals surface area contributed by atoms with Crippen molar-refractivity contribution >= 4 is 28.7 Å². The predicted octanol–water partition coefficient (Wildman–Crippen LogP) is 2.76. The number of aromatic amines is 1. The van der Waals surface area contributed by atoms with Crippen molar-refractivity contribution in [2.24, 2.45) is 0 Å². The number of nitrogens with one attached hydrogen (secondary N) is 3. The van der Waals surface area contributed by atoms with Gasteiger partial charge in [-0.1, -0.05) is 24.3 Å². The zero-order valence-corrected chi connectivity index (χ0v) is 19.2. The van der Waals surface area contributed by atoms with Crippen molar-refractivity contribution in [2.45, 2.75) is 32.1 Å². The van der Waals surface area contributed by atoms with Crippen molar-refractivity contribution in [1.82, 2.24) is 20.5 Å². The standard InChI is InChI=1S/C23H24N4O2.C2HF3O2/c28-21(14-27-12-16-3-1-2-4-17(16)13-27)24-9-7-15-11-26-20-6-5-19-18(22(15)20)8-10-25-23(19)29;3-2(4,5)1(6)7/h1-6,11,26H,7-10,12-14H2,(H,24,28)(H,25,29);(H,6,7). The maximum Gasteiger partial charge on any atom is 0.490 e. The van der Waals surface area contributed by atoms with Gasteiger partial charge in [-0.3, -0.25) is 14.5 Å². The molecule has 0 fully saturated rings. The second-order valence-corrected chi connectivity index (χ2v) is 8.65. The second-order valence-electron chi connectivity index (χ2n) is 8.65. The number of alkyl halides is 3. The van der Waals surface area contributed by atoms with Gasteiger partial charge in [0.05, 0.1) is 6.54 Å². The van der Waals surface area contributed by atoms with Gasteiger partial charge in [0.15, 0.2) is 0 Å². The number of fused-ring (bicyclic) bond motifs is 4. The molecule has 11 heteroatoms. The van der Waals surface area contributed by atoms with E-state index in [0.29, 0.717) is 19.6 Å². The number of aromatic nitrogens is 1. The van der Waals surface area contributed by atoms with Gasteiger partial charge in [-0.05, 0) is 47.2 Å². The molecule has 0 spiro atoms. The number of nitrogens with zero attached hydrogens (tertiary/aromatic N) is 1. The number of rotatable bonds is 5. The van der Waals surface area contributed by atoms with Crippen molar-refractivity contribution in [1.29, 1.82) is 0 Å². The average molecular weight is 502 g/mol. The molecule has 0 saturated heterocycles. The van der Waals surface area contributed by atoms with Crippen molar-refractivity contribution in [3.8, 4) is 0 Å². The summed E-state index contributed by atoms with van der Waals surface area (Å²) in [5, 5.41) is 14.2. The van der Waals surface area contributed by atoms with Crippen LogP contribution in [0.1, 0.15) is 32.6 Å². The number of benzene rings is 2. The summed E-state index contributed by atoms with van der Waals surface area (Å²) in [6.07, 6.45) is -1.50. The number of amides is 2. The Morgan fingerprint density at radius 1 is 1.08 bits per heavy atom. The Hall–Kier alpha value is -3.86. The second kappa shape index (κ2) is 10.4. The van der Waals surface area contributed by atoms with Crippen molar-refractivity contribution in [2.75, 3.05) is 19.6 Å². The molecule has 2 amide bonds. The number of hydrogen-bond donors (Lipinski definition) is 4. The molecule has 1 aromatic heterocycles. The third kappa shape index (κ3) is 5.68. The Bertz CT molecular complexity index is 1280. The summed E-state index contributed by atoms with van der Waals surface area (Å²) in [6.45, 7) is 3.34. The molecule has 5 rings (SSSR count). The smallest absolute Gasteiger partial charge is 0.475 e. The molecule has 0 bridgehead atoms. The van der Waals surface area contributed by atoms with Crippen LogP contribution in [0.3, 0.4) is 0 Å². The molecule has 190 valence electrons. The Kier molecular flexibility index (Phi) is 7.30. The molecule has 4 N–H and O–H groups in total. The van der Waals surface area contributed by atoms with Gasteiger partial charge in [-0.25, -0.2) is 4.79 Å². The van der Waals surface area contributed by atoms with Crippen LogP contribution in [-0.4, -0.2) is 58.6 Å². The molecule has 0 saturated carbocycles. The minimum Gasteiger partial charge on any atom is -0.475 e. The maximum atomic E-state index is 12.4. The van der Waals surface area contributed by atoms with E-state index in [4.69, 9.17) is 9.90 Å². The summed E-state index contributed by atoms with van der Waals surface area (Å²) < 4.78 is 31.7. The average Bonchev–Trinajstić information content (AvgIpc) is 3.42. The Morgan fingerprint density at radius 2 is 1.75 bits per heavy atom. The number of halogens is 3. The normalized spacial score (nSPS) is 14.9. The molecule has 0 radical (unpaired) electrons. The first-order valence-corrected chi connectivity index (χ1v) is 11.4. The number of hydrogen-bond acceptors (Lipinski definition) is 4. The summed E-state index contributed by atoms with van der Waals surface area (Å²) in [5.74, 6) is -2.70. The molecular formula is C25H25F3N4O4. The van der Waals surface area contributed by atoms with Crippen molar-refractivity contribution in [3.05, 3.63) is 70.4 Å². The van der Waals surface area contributed by atoms with Gasteiger partial charge >= 0.3 is 12.1 Å². The first kappa shape index (κ1) is 25.2. The fourth-order valence-corrected chi connectivity index (χ4v) is 4.55. The lowest BCUT2D eigenvalue weighted by atomic mass is 9.94. The highest BCUT2D eigenvalue weighted by Crippen LogP contribution is 2.28. The van der Waals surface area contributed by atoms with E-state index >= 15 is 0 Å². The zero-order chi connectivity index (χ0) is 25.9. The zero-order valence-electron chi connectivity index (χ0n) is 19.2. The van der Waals surface area contributed by atoms with Gasteiger partial charge in [-0.15, -0.1) is 0 Å². The molecule has 2 aliphatic rings. The van der Waals surface area contributed by atoms with Gasteiger partial charge in [0.25, 0.3) is 5.91 Å². The molecule has 3 aromatic rings. The molecule has 8 nitrogen and oxygen atoms in total. The number of carboxylic acids is 1. The molecule has 2 aliphatic heterocycles. The van der Waals surface area contributed by atoms with Crippen LogP contribution in [0.5, 0.6) is 0 Å². The van der Waals surface area contributed by atoms with E-state index in [2.05, 4.69) is 32.7 Å². The molecule has 3 heterocycles. The van der Waals surface area contributed by atoms with Crippen LogP contribution in [0, 0.1) is 0 Å². The van der Waals surface area contributed by atoms with Gasteiger partial charge in [-0.2, -0.15) is 13.2 Å².